The molecule has 0 saturated carbocycles. The largest absolute Gasteiger partial charge is 0.471 e. The van der Waals surface area contributed by atoms with Gasteiger partial charge >= 0.3 is 0 Å². The van der Waals surface area contributed by atoms with Gasteiger partial charge in [-0.05, 0) is 26.8 Å². The number of nitriles is 1. The Labute approximate surface area is 105 Å². The Hall–Kier alpha value is -2.35. The first kappa shape index (κ1) is 12.1. The summed E-state index contributed by atoms with van der Waals surface area (Å²) in [5.74, 6) is 0.520. The number of aromatic nitrogens is 3. The second-order valence-electron chi connectivity index (χ2n) is 4.82. The van der Waals surface area contributed by atoms with Crippen LogP contribution in [-0.2, 0) is 0 Å². The van der Waals surface area contributed by atoms with Gasteiger partial charge in [0, 0.05) is 17.8 Å². The zero-order valence-electron chi connectivity index (χ0n) is 10.6. The number of rotatable bonds is 2. The fourth-order valence-electron chi connectivity index (χ4n) is 1.58. The lowest BCUT2D eigenvalue weighted by Crippen LogP contribution is -2.23. The number of hydrogen-bond acceptors (Lipinski definition) is 4. The summed E-state index contributed by atoms with van der Waals surface area (Å²) in [6, 6.07) is 1.96. The van der Waals surface area contributed by atoms with Crippen molar-refractivity contribution in [3.05, 3.63) is 24.2 Å². The van der Waals surface area contributed by atoms with Crippen molar-refractivity contribution in [2.75, 3.05) is 0 Å². The normalized spacial score (nSPS) is 11.9. The lowest BCUT2D eigenvalue weighted by atomic mass is 10.2. The average molecular weight is 242 g/mol. The second kappa shape index (κ2) is 4.49. The SMILES string of the molecule is CC(C)(C)Oc1ncnc2[nH]cc(C=CC#N)c12. The summed E-state index contributed by atoms with van der Waals surface area (Å²) >= 11 is 0. The minimum atomic E-state index is -0.339. The van der Waals surface area contributed by atoms with E-state index < -0.39 is 0 Å². The van der Waals surface area contributed by atoms with Crippen molar-refractivity contribution in [1.29, 1.82) is 5.26 Å². The molecule has 0 fully saturated rings. The molecule has 0 unspecified atom stereocenters. The highest BCUT2D eigenvalue weighted by molar-refractivity contribution is 5.90. The summed E-state index contributed by atoms with van der Waals surface area (Å²) in [4.78, 5) is 11.3. The van der Waals surface area contributed by atoms with Gasteiger partial charge in [0.15, 0.2) is 0 Å². The lowest BCUT2D eigenvalue weighted by Gasteiger charge is -2.20. The number of fused-ring (bicyclic) bond motifs is 1. The summed E-state index contributed by atoms with van der Waals surface area (Å²) in [7, 11) is 0. The van der Waals surface area contributed by atoms with Crippen LogP contribution in [0.4, 0.5) is 0 Å². The van der Waals surface area contributed by atoms with E-state index in [1.807, 2.05) is 26.8 Å². The lowest BCUT2D eigenvalue weighted by molar-refractivity contribution is 0.126. The van der Waals surface area contributed by atoms with E-state index in [1.54, 1.807) is 12.3 Å². The Morgan fingerprint density at radius 3 is 2.83 bits per heavy atom. The minimum absolute atomic E-state index is 0.339. The zero-order chi connectivity index (χ0) is 13.2. The van der Waals surface area contributed by atoms with Crippen molar-refractivity contribution in [2.45, 2.75) is 26.4 Å². The van der Waals surface area contributed by atoms with Crippen LogP contribution in [0.1, 0.15) is 26.3 Å². The van der Waals surface area contributed by atoms with E-state index in [4.69, 9.17) is 10.00 Å². The third-order valence-electron chi connectivity index (χ3n) is 2.21. The maximum Gasteiger partial charge on any atom is 0.227 e. The van der Waals surface area contributed by atoms with Gasteiger partial charge < -0.3 is 9.72 Å². The molecule has 0 bridgehead atoms. The molecule has 2 heterocycles. The molecule has 2 aromatic rings. The van der Waals surface area contributed by atoms with E-state index in [1.165, 1.54) is 12.4 Å². The molecule has 0 amide bonds. The summed E-state index contributed by atoms with van der Waals surface area (Å²) in [6.45, 7) is 5.87. The molecule has 0 aliphatic heterocycles. The van der Waals surface area contributed by atoms with Crippen LogP contribution >= 0.6 is 0 Å². The first-order valence-corrected chi connectivity index (χ1v) is 5.58. The third-order valence-corrected chi connectivity index (χ3v) is 2.21. The van der Waals surface area contributed by atoms with Gasteiger partial charge in [0.1, 0.15) is 17.6 Å². The molecule has 5 heteroatoms. The molecular formula is C13H14N4O. The summed E-state index contributed by atoms with van der Waals surface area (Å²) in [5.41, 5.74) is 1.20. The summed E-state index contributed by atoms with van der Waals surface area (Å²) in [5, 5.41) is 9.37. The smallest absolute Gasteiger partial charge is 0.227 e. The van der Waals surface area contributed by atoms with Crippen LogP contribution in [0.25, 0.3) is 17.1 Å². The molecule has 0 atom stereocenters. The van der Waals surface area contributed by atoms with Crippen molar-refractivity contribution >= 4 is 17.1 Å². The zero-order valence-corrected chi connectivity index (χ0v) is 10.6. The maximum atomic E-state index is 8.58. The minimum Gasteiger partial charge on any atom is -0.471 e. The predicted octanol–water partition coefficient (Wildman–Crippen LogP) is 2.67. The Morgan fingerprint density at radius 1 is 1.39 bits per heavy atom. The first-order chi connectivity index (χ1) is 8.51. The average Bonchev–Trinajstić information content (AvgIpc) is 2.68. The molecule has 92 valence electrons. The topological polar surface area (TPSA) is 74.6 Å². The number of nitrogens with zero attached hydrogens (tertiary/aromatic N) is 3. The quantitative estimate of drug-likeness (QED) is 0.821. The molecule has 5 nitrogen and oxygen atoms in total. The molecule has 1 N–H and O–H groups in total. The monoisotopic (exact) mass is 242 g/mol. The van der Waals surface area contributed by atoms with E-state index in [0.717, 1.165) is 10.9 Å². The molecule has 0 aliphatic carbocycles. The van der Waals surface area contributed by atoms with Gasteiger partial charge in [0.05, 0.1) is 11.5 Å². The molecule has 0 aliphatic rings. The highest BCUT2D eigenvalue weighted by Gasteiger charge is 2.17. The van der Waals surface area contributed by atoms with E-state index in [2.05, 4.69) is 15.0 Å². The number of nitrogens with one attached hydrogen (secondary N) is 1. The van der Waals surface area contributed by atoms with E-state index in [9.17, 15) is 0 Å². The van der Waals surface area contributed by atoms with Crippen molar-refractivity contribution in [2.24, 2.45) is 0 Å². The number of allylic oxidation sites excluding steroid dienone is 1. The standard InChI is InChI=1S/C13H14N4O/c1-13(2,3)18-12-10-9(5-4-6-14)7-15-11(10)16-8-17-12/h4-5,7-8H,1-3H3,(H,15,16,17). The van der Waals surface area contributed by atoms with Gasteiger partial charge in [0.2, 0.25) is 5.88 Å². The van der Waals surface area contributed by atoms with E-state index in [0.29, 0.717) is 11.5 Å². The van der Waals surface area contributed by atoms with Gasteiger partial charge in [-0.25, -0.2) is 9.97 Å². The highest BCUT2D eigenvalue weighted by atomic mass is 16.5. The number of hydrogen-bond donors (Lipinski definition) is 1. The van der Waals surface area contributed by atoms with Crippen molar-refractivity contribution < 1.29 is 4.74 Å². The Balaban J connectivity index is 2.56. The number of aromatic amines is 1. The van der Waals surface area contributed by atoms with Gasteiger partial charge in [0.25, 0.3) is 0 Å². The van der Waals surface area contributed by atoms with Crippen LogP contribution in [0.2, 0.25) is 0 Å². The van der Waals surface area contributed by atoms with Crippen LogP contribution < -0.4 is 4.74 Å². The van der Waals surface area contributed by atoms with Gasteiger partial charge in [-0.2, -0.15) is 5.26 Å². The molecule has 0 radical (unpaired) electrons. The van der Waals surface area contributed by atoms with Crippen LogP contribution in [0.5, 0.6) is 5.88 Å². The van der Waals surface area contributed by atoms with Crippen LogP contribution in [0, 0.1) is 11.3 Å². The van der Waals surface area contributed by atoms with Crippen molar-refractivity contribution in [3.63, 3.8) is 0 Å². The molecule has 18 heavy (non-hydrogen) atoms. The molecule has 2 aromatic heterocycles. The van der Waals surface area contributed by atoms with Crippen LogP contribution in [-0.4, -0.2) is 20.6 Å². The molecule has 2 rings (SSSR count). The van der Waals surface area contributed by atoms with Gasteiger partial charge in [-0.1, -0.05) is 0 Å². The fourth-order valence-corrected chi connectivity index (χ4v) is 1.58. The third kappa shape index (κ3) is 2.48. The number of ether oxygens (including phenoxy) is 1. The molecule has 0 spiro atoms. The Kier molecular flexibility index (Phi) is 3.02. The molecule has 0 aromatic carbocycles. The number of H-pyrrole nitrogens is 1. The van der Waals surface area contributed by atoms with E-state index in [-0.39, 0.29) is 5.60 Å². The fraction of sp³-hybridized carbons (Fsp3) is 0.308. The second-order valence-corrected chi connectivity index (χ2v) is 4.82. The molecular weight excluding hydrogens is 228 g/mol. The Bertz CT molecular complexity index is 628. The molecule has 0 saturated heterocycles. The van der Waals surface area contributed by atoms with Crippen molar-refractivity contribution in [1.82, 2.24) is 15.0 Å². The van der Waals surface area contributed by atoms with Gasteiger partial charge in [-0.3, -0.25) is 0 Å². The van der Waals surface area contributed by atoms with Crippen LogP contribution in [0.15, 0.2) is 18.6 Å². The summed E-state index contributed by atoms with van der Waals surface area (Å²) < 4.78 is 5.81. The van der Waals surface area contributed by atoms with Gasteiger partial charge in [-0.15, -0.1) is 0 Å². The summed E-state index contributed by atoms with van der Waals surface area (Å²) in [6.07, 6.45) is 6.36. The van der Waals surface area contributed by atoms with E-state index >= 15 is 0 Å². The first-order valence-electron chi connectivity index (χ1n) is 5.58. The Morgan fingerprint density at radius 2 is 2.17 bits per heavy atom. The highest BCUT2D eigenvalue weighted by Crippen LogP contribution is 2.28. The predicted molar refractivity (Wildman–Crippen MR) is 68.9 cm³/mol. The maximum absolute atomic E-state index is 8.58. The van der Waals surface area contributed by atoms with Crippen LogP contribution in [0.3, 0.4) is 0 Å². The van der Waals surface area contributed by atoms with Crippen molar-refractivity contribution in [3.8, 4) is 11.9 Å².